The number of piperidine rings is 1. The van der Waals surface area contributed by atoms with Crippen molar-refractivity contribution in [1.29, 1.82) is 0 Å². The summed E-state index contributed by atoms with van der Waals surface area (Å²) in [7, 11) is 3.05. The first-order valence-electron chi connectivity index (χ1n) is 11.6. The molecule has 2 atom stereocenters. The number of ether oxygens (including phenoxy) is 2. The molecule has 188 valence electrons. The van der Waals surface area contributed by atoms with Crippen molar-refractivity contribution in [2.24, 2.45) is 0 Å². The third-order valence-electron chi connectivity index (χ3n) is 6.59. The number of carbonyl (C=O) groups is 2. The lowest BCUT2D eigenvalue weighted by Gasteiger charge is -2.39. The van der Waals surface area contributed by atoms with Crippen molar-refractivity contribution in [2.45, 2.75) is 25.3 Å². The molecule has 4 rings (SSSR count). The molecule has 0 aliphatic carbocycles. The summed E-state index contributed by atoms with van der Waals surface area (Å²) in [6.07, 6.45) is 0.495. The van der Waals surface area contributed by atoms with Crippen LogP contribution in [0.25, 0.3) is 0 Å². The molecule has 0 aromatic heterocycles. The van der Waals surface area contributed by atoms with Gasteiger partial charge in [0.05, 0.1) is 24.8 Å². The van der Waals surface area contributed by atoms with Gasteiger partial charge in [0, 0.05) is 30.6 Å². The summed E-state index contributed by atoms with van der Waals surface area (Å²) in [4.78, 5) is 28.2. The number of amides is 2. The summed E-state index contributed by atoms with van der Waals surface area (Å²) >= 11 is 6.22. The Balaban J connectivity index is 1.61. The zero-order valence-electron chi connectivity index (χ0n) is 20.4. The fourth-order valence-electron chi connectivity index (χ4n) is 4.53. The van der Waals surface area contributed by atoms with Crippen LogP contribution in [0, 0.1) is 12.7 Å². The lowest BCUT2D eigenvalue weighted by atomic mass is 9.85. The molecule has 2 amide bonds. The molecule has 0 spiro atoms. The van der Waals surface area contributed by atoms with Crippen LogP contribution in [-0.2, 0) is 0 Å². The molecule has 1 fully saturated rings. The first kappa shape index (κ1) is 25.5. The van der Waals surface area contributed by atoms with E-state index in [0.29, 0.717) is 58.3 Å². The number of likely N-dealkylation sites (tertiary alicyclic amines) is 1. The minimum absolute atomic E-state index is 0.176. The number of benzene rings is 3. The monoisotopic (exact) mass is 510 g/mol. The van der Waals surface area contributed by atoms with Gasteiger partial charge in [-0.2, -0.15) is 0 Å². The van der Waals surface area contributed by atoms with Gasteiger partial charge in [0.2, 0.25) is 0 Å². The average Bonchev–Trinajstić information content (AvgIpc) is 2.89. The van der Waals surface area contributed by atoms with E-state index < -0.39 is 0 Å². The first-order chi connectivity index (χ1) is 17.3. The van der Waals surface area contributed by atoms with Gasteiger partial charge < -0.3 is 19.7 Å². The van der Waals surface area contributed by atoms with Gasteiger partial charge in [-0.3, -0.25) is 9.59 Å². The quantitative estimate of drug-likeness (QED) is 0.493. The maximum Gasteiger partial charge on any atom is 0.254 e. The molecule has 6 nitrogen and oxygen atoms in total. The highest BCUT2D eigenvalue weighted by Gasteiger charge is 2.34. The topological polar surface area (TPSA) is 67.9 Å². The Kier molecular flexibility index (Phi) is 7.79. The lowest BCUT2D eigenvalue weighted by molar-refractivity contribution is 0.0671. The Labute approximate surface area is 215 Å². The van der Waals surface area contributed by atoms with Crippen molar-refractivity contribution in [3.8, 4) is 11.5 Å². The molecule has 0 bridgehead atoms. The smallest absolute Gasteiger partial charge is 0.254 e. The molecule has 1 N–H and O–H groups in total. The number of halogens is 2. The van der Waals surface area contributed by atoms with E-state index in [4.69, 9.17) is 21.1 Å². The first-order valence-corrected chi connectivity index (χ1v) is 12.0. The number of hydrogen-bond donors (Lipinski definition) is 1. The predicted molar refractivity (Wildman–Crippen MR) is 137 cm³/mol. The van der Waals surface area contributed by atoms with Gasteiger partial charge >= 0.3 is 0 Å². The highest BCUT2D eigenvalue weighted by molar-refractivity contribution is 6.33. The molecule has 3 aromatic rings. The van der Waals surface area contributed by atoms with Crippen LogP contribution in [0.15, 0.2) is 60.7 Å². The SMILES string of the molecule is COc1ccc(C(=O)N2CC[C@@H](NC(=O)c3ccccc3Cl)[C@H](c3ccc(C)c(F)c3)C2)cc1OC. The molecule has 1 aliphatic heterocycles. The fourth-order valence-corrected chi connectivity index (χ4v) is 4.75. The number of nitrogens with one attached hydrogen (secondary N) is 1. The number of nitrogens with zero attached hydrogens (tertiary/aromatic N) is 1. The summed E-state index contributed by atoms with van der Waals surface area (Å²) in [5.41, 5.74) is 2.08. The molecule has 0 saturated carbocycles. The zero-order valence-corrected chi connectivity index (χ0v) is 21.1. The number of aryl methyl sites for hydroxylation is 1. The summed E-state index contributed by atoms with van der Waals surface area (Å²) < 4.78 is 25.1. The van der Waals surface area contributed by atoms with E-state index in [9.17, 15) is 14.0 Å². The minimum Gasteiger partial charge on any atom is -0.493 e. The Morgan fingerprint density at radius 2 is 1.78 bits per heavy atom. The lowest BCUT2D eigenvalue weighted by Crippen LogP contribution is -2.51. The van der Waals surface area contributed by atoms with Gasteiger partial charge in [-0.15, -0.1) is 0 Å². The third-order valence-corrected chi connectivity index (χ3v) is 6.92. The van der Waals surface area contributed by atoms with Crippen molar-refractivity contribution >= 4 is 23.4 Å². The van der Waals surface area contributed by atoms with Crippen LogP contribution < -0.4 is 14.8 Å². The summed E-state index contributed by atoms with van der Waals surface area (Å²) in [5.74, 6) is -0.130. The summed E-state index contributed by atoms with van der Waals surface area (Å²) in [6.45, 7) is 2.43. The normalized spacial score (nSPS) is 17.4. The molecule has 1 heterocycles. The van der Waals surface area contributed by atoms with E-state index >= 15 is 0 Å². The fraction of sp³-hybridized carbons (Fsp3) is 0.286. The average molecular weight is 511 g/mol. The van der Waals surface area contributed by atoms with Crippen molar-refractivity contribution in [3.63, 3.8) is 0 Å². The van der Waals surface area contributed by atoms with Crippen LogP contribution in [0.2, 0.25) is 5.02 Å². The number of methoxy groups -OCH3 is 2. The molecular weight excluding hydrogens is 483 g/mol. The van der Waals surface area contributed by atoms with Crippen LogP contribution in [0.5, 0.6) is 11.5 Å². The zero-order chi connectivity index (χ0) is 25.8. The Morgan fingerprint density at radius 3 is 2.47 bits per heavy atom. The number of rotatable bonds is 6. The van der Waals surface area contributed by atoms with Crippen LogP contribution in [0.1, 0.15) is 44.2 Å². The molecule has 1 aliphatic rings. The second-order valence-electron chi connectivity index (χ2n) is 8.78. The highest BCUT2D eigenvalue weighted by atomic mass is 35.5. The molecule has 3 aromatic carbocycles. The van der Waals surface area contributed by atoms with Gasteiger partial charge in [-0.1, -0.05) is 35.9 Å². The van der Waals surface area contributed by atoms with Gasteiger partial charge in [-0.05, 0) is 60.9 Å². The van der Waals surface area contributed by atoms with E-state index in [-0.39, 0.29) is 29.6 Å². The molecule has 1 saturated heterocycles. The highest BCUT2D eigenvalue weighted by Crippen LogP contribution is 2.32. The van der Waals surface area contributed by atoms with Gasteiger partial charge in [0.15, 0.2) is 11.5 Å². The van der Waals surface area contributed by atoms with Crippen molar-refractivity contribution in [1.82, 2.24) is 10.2 Å². The Morgan fingerprint density at radius 1 is 1.03 bits per heavy atom. The van der Waals surface area contributed by atoms with Crippen molar-refractivity contribution in [3.05, 3.63) is 93.8 Å². The minimum atomic E-state index is -0.327. The maximum absolute atomic E-state index is 14.5. The largest absolute Gasteiger partial charge is 0.493 e. The Hall–Kier alpha value is -3.58. The van der Waals surface area contributed by atoms with E-state index in [0.717, 1.165) is 0 Å². The van der Waals surface area contributed by atoms with Crippen LogP contribution >= 0.6 is 11.6 Å². The van der Waals surface area contributed by atoms with E-state index in [2.05, 4.69) is 5.32 Å². The van der Waals surface area contributed by atoms with Gasteiger partial charge in [-0.25, -0.2) is 4.39 Å². The van der Waals surface area contributed by atoms with Crippen LogP contribution in [0.4, 0.5) is 4.39 Å². The van der Waals surface area contributed by atoms with Crippen molar-refractivity contribution < 1.29 is 23.5 Å². The van der Waals surface area contributed by atoms with E-state index in [1.165, 1.54) is 20.3 Å². The van der Waals surface area contributed by atoms with E-state index in [1.54, 1.807) is 60.4 Å². The molecular formula is C28H28ClFN2O4. The van der Waals surface area contributed by atoms with E-state index in [1.807, 2.05) is 6.07 Å². The second kappa shape index (κ2) is 11.0. The number of carbonyl (C=O) groups excluding carboxylic acids is 2. The standard InChI is InChI=1S/C28H28ClFN2O4/c1-17-8-9-18(14-23(17)30)21-16-32(28(34)19-10-11-25(35-2)26(15-19)36-3)13-12-24(21)31-27(33)20-6-4-5-7-22(20)29/h4-11,14-15,21,24H,12-13,16H2,1-3H3,(H,31,33)/t21-,24+/m0/s1. The second-order valence-corrected chi connectivity index (χ2v) is 9.19. The third kappa shape index (κ3) is 5.31. The predicted octanol–water partition coefficient (Wildman–Crippen LogP) is 5.23. The summed E-state index contributed by atoms with van der Waals surface area (Å²) in [5, 5.41) is 3.43. The summed E-state index contributed by atoms with van der Waals surface area (Å²) in [6, 6.07) is 16.6. The Bertz CT molecular complexity index is 1280. The van der Waals surface area contributed by atoms with Crippen molar-refractivity contribution in [2.75, 3.05) is 27.3 Å². The van der Waals surface area contributed by atoms with Gasteiger partial charge in [0.1, 0.15) is 5.82 Å². The molecule has 36 heavy (non-hydrogen) atoms. The van der Waals surface area contributed by atoms with Crippen LogP contribution in [0.3, 0.4) is 0 Å². The maximum atomic E-state index is 14.5. The molecule has 8 heteroatoms. The molecule has 0 unspecified atom stereocenters. The van der Waals surface area contributed by atoms with Gasteiger partial charge in [0.25, 0.3) is 11.8 Å². The van der Waals surface area contributed by atoms with Crippen LogP contribution in [-0.4, -0.2) is 50.1 Å². The molecule has 0 radical (unpaired) electrons. The number of hydrogen-bond acceptors (Lipinski definition) is 4.